The molecule has 1 heterocycles. The van der Waals surface area contributed by atoms with Crippen molar-refractivity contribution in [2.45, 2.75) is 25.3 Å². The molecule has 3 nitrogen and oxygen atoms in total. The van der Waals surface area contributed by atoms with Gasteiger partial charge < -0.3 is 5.73 Å². The van der Waals surface area contributed by atoms with Crippen LogP contribution < -0.4 is 5.73 Å². The van der Waals surface area contributed by atoms with Gasteiger partial charge in [-0.05, 0) is 24.5 Å². The van der Waals surface area contributed by atoms with Crippen LogP contribution in [0.4, 0.5) is 0 Å². The summed E-state index contributed by atoms with van der Waals surface area (Å²) in [7, 11) is 0. The molecule has 0 radical (unpaired) electrons. The van der Waals surface area contributed by atoms with Crippen LogP contribution in [-0.4, -0.2) is 11.3 Å². The van der Waals surface area contributed by atoms with E-state index in [-0.39, 0.29) is 6.04 Å². The summed E-state index contributed by atoms with van der Waals surface area (Å²) in [4.78, 5) is 14.7. The van der Waals surface area contributed by atoms with Crippen molar-refractivity contribution >= 4 is 6.29 Å². The molecule has 1 saturated carbocycles. The van der Waals surface area contributed by atoms with Crippen LogP contribution in [0.3, 0.4) is 0 Å². The van der Waals surface area contributed by atoms with E-state index in [2.05, 4.69) is 4.98 Å². The van der Waals surface area contributed by atoms with Gasteiger partial charge in [-0.1, -0.05) is 18.9 Å². The van der Waals surface area contributed by atoms with Gasteiger partial charge in [-0.2, -0.15) is 0 Å². The Hall–Kier alpha value is -1.22. The minimum Gasteiger partial charge on any atom is -0.323 e. The minimum absolute atomic E-state index is 0.0117. The van der Waals surface area contributed by atoms with Gasteiger partial charge in [0.1, 0.15) is 5.69 Å². The van der Waals surface area contributed by atoms with E-state index in [1.165, 1.54) is 12.8 Å². The van der Waals surface area contributed by atoms with E-state index in [0.717, 1.165) is 24.3 Å². The van der Waals surface area contributed by atoms with Gasteiger partial charge in [0.15, 0.2) is 6.29 Å². The second-order valence-corrected chi connectivity index (χ2v) is 3.89. The summed E-state index contributed by atoms with van der Waals surface area (Å²) in [5.74, 6) is 0.784. The van der Waals surface area contributed by atoms with Crippen molar-refractivity contribution in [2.24, 2.45) is 11.7 Å². The van der Waals surface area contributed by atoms with Crippen molar-refractivity contribution in [1.82, 2.24) is 4.98 Å². The van der Waals surface area contributed by atoms with Crippen LogP contribution in [0, 0.1) is 5.92 Å². The molecule has 1 aromatic heterocycles. The molecule has 2 rings (SSSR count). The van der Waals surface area contributed by atoms with Gasteiger partial charge in [0.05, 0.1) is 5.69 Å². The molecule has 2 N–H and O–H groups in total. The molecular weight excluding hydrogens is 176 g/mol. The Morgan fingerprint density at radius 1 is 1.57 bits per heavy atom. The van der Waals surface area contributed by atoms with Crippen LogP contribution in [0.15, 0.2) is 18.2 Å². The van der Waals surface area contributed by atoms with E-state index in [4.69, 9.17) is 5.73 Å². The molecule has 0 unspecified atom stereocenters. The SMILES string of the molecule is N[C@H](CC1CC1)c1cccc(C=O)n1. The van der Waals surface area contributed by atoms with Crippen molar-refractivity contribution in [2.75, 3.05) is 0 Å². The molecule has 1 aliphatic rings. The first-order valence-electron chi connectivity index (χ1n) is 4.97. The zero-order valence-electron chi connectivity index (χ0n) is 8.02. The van der Waals surface area contributed by atoms with Crippen LogP contribution in [0.2, 0.25) is 0 Å². The number of hydrogen-bond acceptors (Lipinski definition) is 3. The van der Waals surface area contributed by atoms with Crippen LogP contribution in [0.5, 0.6) is 0 Å². The highest BCUT2D eigenvalue weighted by atomic mass is 16.1. The third-order valence-electron chi connectivity index (χ3n) is 2.58. The third kappa shape index (κ3) is 2.17. The summed E-state index contributed by atoms with van der Waals surface area (Å²) in [6.45, 7) is 0. The van der Waals surface area contributed by atoms with E-state index in [1.54, 1.807) is 6.07 Å². The maximum atomic E-state index is 10.5. The number of carbonyl (C=O) groups excluding carboxylic acids is 1. The second-order valence-electron chi connectivity index (χ2n) is 3.89. The first-order valence-corrected chi connectivity index (χ1v) is 4.97. The fraction of sp³-hybridized carbons (Fsp3) is 0.455. The number of aromatic nitrogens is 1. The summed E-state index contributed by atoms with van der Waals surface area (Å²) in [5.41, 5.74) is 7.28. The summed E-state index contributed by atoms with van der Waals surface area (Å²) < 4.78 is 0. The predicted octanol–water partition coefficient (Wildman–Crippen LogP) is 1.69. The monoisotopic (exact) mass is 190 g/mol. The highest BCUT2D eigenvalue weighted by Gasteiger charge is 2.24. The molecule has 74 valence electrons. The molecule has 1 aliphatic carbocycles. The second kappa shape index (κ2) is 3.88. The summed E-state index contributed by atoms with van der Waals surface area (Å²) in [5, 5.41) is 0. The lowest BCUT2D eigenvalue weighted by Crippen LogP contribution is -2.13. The molecule has 0 saturated heterocycles. The Kier molecular flexibility index (Phi) is 2.59. The van der Waals surface area contributed by atoms with E-state index in [1.807, 2.05) is 12.1 Å². The van der Waals surface area contributed by atoms with Gasteiger partial charge in [0.25, 0.3) is 0 Å². The van der Waals surface area contributed by atoms with Gasteiger partial charge in [0.2, 0.25) is 0 Å². The standard InChI is InChI=1S/C11H14N2O/c12-10(6-8-4-5-8)11-3-1-2-9(7-14)13-11/h1-3,7-8,10H,4-6,12H2/t10-/m1/s1. The first kappa shape index (κ1) is 9.34. The van der Waals surface area contributed by atoms with Gasteiger partial charge in [-0.15, -0.1) is 0 Å². The lowest BCUT2D eigenvalue weighted by atomic mass is 10.1. The highest BCUT2D eigenvalue weighted by Crippen LogP contribution is 2.36. The molecule has 0 aromatic carbocycles. The first-order chi connectivity index (χ1) is 6.79. The van der Waals surface area contributed by atoms with Crippen LogP contribution in [0.1, 0.15) is 41.5 Å². The molecule has 1 fully saturated rings. The quantitative estimate of drug-likeness (QED) is 0.735. The van der Waals surface area contributed by atoms with E-state index in [0.29, 0.717) is 5.69 Å². The Morgan fingerprint density at radius 2 is 2.36 bits per heavy atom. The Morgan fingerprint density at radius 3 is 3.00 bits per heavy atom. The number of carbonyl (C=O) groups is 1. The topological polar surface area (TPSA) is 56.0 Å². The van der Waals surface area contributed by atoms with Crippen LogP contribution >= 0.6 is 0 Å². The fourth-order valence-electron chi connectivity index (χ4n) is 1.57. The lowest BCUT2D eigenvalue weighted by Gasteiger charge is -2.09. The van der Waals surface area contributed by atoms with Crippen molar-refractivity contribution in [1.29, 1.82) is 0 Å². The zero-order valence-corrected chi connectivity index (χ0v) is 8.02. The molecule has 0 bridgehead atoms. The maximum Gasteiger partial charge on any atom is 0.168 e. The van der Waals surface area contributed by atoms with E-state index >= 15 is 0 Å². The normalized spacial score (nSPS) is 17.8. The highest BCUT2D eigenvalue weighted by molar-refractivity contribution is 5.71. The number of nitrogens with two attached hydrogens (primary N) is 1. The summed E-state index contributed by atoms with van der Waals surface area (Å²) >= 11 is 0. The minimum atomic E-state index is -0.0117. The number of aldehydes is 1. The van der Waals surface area contributed by atoms with Crippen molar-refractivity contribution in [3.63, 3.8) is 0 Å². The number of pyridine rings is 1. The molecule has 0 spiro atoms. The Bertz CT molecular complexity index is 334. The molecular formula is C11H14N2O. The largest absolute Gasteiger partial charge is 0.323 e. The fourth-order valence-corrected chi connectivity index (χ4v) is 1.57. The molecule has 1 aromatic rings. The Balaban J connectivity index is 2.08. The number of hydrogen-bond donors (Lipinski definition) is 1. The molecule has 3 heteroatoms. The van der Waals surface area contributed by atoms with Crippen molar-refractivity contribution < 1.29 is 4.79 Å². The molecule has 1 atom stereocenters. The van der Waals surface area contributed by atoms with E-state index < -0.39 is 0 Å². The number of nitrogens with zero attached hydrogens (tertiary/aromatic N) is 1. The average Bonchev–Trinajstić information content (AvgIpc) is 3.02. The van der Waals surface area contributed by atoms with Crippen LogP contribution in [-0.2, 0) is 0 Å². The van der Waals surface area contributed by atoms with Gasteiger partial charge in [-0.25, -0.2) is 4.98 Å². The zero-order chi connectivity index (χ0) is 9.97. The van der Waals surface area contributed by atoms with Gasteiger partial charge in [0, 0.05) is 6.04 Å². The lowest BCUT2D eigenvalue weighted by molar-refractivity contribution is 0.111. The van der Waals surface area contributed by atoms with Gasteiger partial charge >= 0.3 is 0 Å². The van der Waals surface area contributed by atoms with Crippen molar-refractivity contribution in [3.05, 3.63) is 29.6 Å². The van der Waals surface area contributed by atoms with Crippen molar-refractivity contribution in [3.8, 4) is 0 Å². The van der Waals surface area contributed by atoms with Crippen LogP contribution in [0.25, 0.3) is 0 Å². The van der Waals surface area contributed by atoms with Gasteiger partial charge in [-0.3, -0.25) is 4.79 Å². The molecule has 14 heavy (non-hydrogen) atoms. The summed E-state index contributed by atoms with van der Waals surface area (Å²) in [6, 6.07) is 5.40. The molecule has 0 amide bonds. The smallest absolute Gasteiger partial charge is 0.168 e. The van der Waals surface area contributed by atoms with E-state index in [9.17, 15) is 4.79 Å². The maximum absolute atomic E-state index is 10.5. The Labute approximate surface area is 83.3 Å². The number of rotatable bonds is 4. The average molecular weight is 190 g/mol. The molecule has 0 aliphatic heterocycles. The third-order valence-corrected chi connectivity index (χ3v) is 2.58. The summed E-state index contributed by atoms with van der Waals surface area (Å²) in [6.07, 6.45) is 4.34. The predicted molar refractivity (Wildman–Crippen MR) is 53.9 cm³/mol.